The zero-order valence-corrected chi connectivity index (χ0v) is 11.4. The highest BCUT2D eigenvalue weighted by Crippen LogP contribution is 2.29. The van der Waals surface area contributed by atoms with Gasteiger partial charge in [-0.1, -0.05) is 13.0 Å². The van der Waals surface area contributed by atoms with Crippen LogP contribution in [-0.4, -0.2) is 19.1 Å². The van der Waals surface area contributed by atoms with Gasteiger partial charge in [0.25, 0.3) is 0 Å². The zero-order chi connectivity index (χ0) is 12.4. The summed E-state index contributed by atoms with van der Waals surface area (Å²) in [5.41, 5.74) is 7.79. The Kier molecular flexibility index (Phi) is 3.70. The van der Waals surface area contributed by atoms with Crippen LogP contribution in [-0.2, 0) is 0 Å². The van der Waals surface area contributed by atoms with Gasteiger partial charge in [0, 0.05) is 23.6 Å². The Bertz CT molecular complexity index is 452. The minimum absolute atomic E-state index is 0.189. The van der Waals surface area contributed by atoms with Crippen molar-refractivity contribution in [2.75, 3.05) is 18.0 Å². The quantitative estimate of drug-likeness (QED) is 0.865. The number of nitrogens with two attached hydrogens (primary N) is 1. The minimum atomic E-state index is 0.189. The van der Waals surface area contributed by atoms with Gasteiger partial charge in [-0.3, -0.25) is 0 Å². The van der Waals surface area contributed by atoms with Crippen LogP contribution in [0.25, 0.3) is 0 Å². The maximum Gasteiger partial charge on any atom is 0.103 e. The second kappa shape index (κ2) is 5.07. The molecule has 90 valence electrons. The summed E-state index contributed by atoms with van der Waals surface area (Å²) in [6.45, 7) is 3.99. The Balaban J connectivity index is 2.29. The van der Waals surface area contributed by atoms with Crippen LogP contribution < -0.4 is 10.6 Å². The Morgan fingerprint density at radius 3 is 2.94 bits per heavy atom. The first-order chi connectivity index (χ1) is 8.13. The van der Waals surface area contributed by atoms with Gasteiger partial charge in [0.1, 0.15) is 6.07 Å². The van der Waals surface area contributed by atoms with E-state index in [-0.39, 0.29) is 6.04 Å². The summed E-state index contributed by atoms with van der Waals surface area (Å²) in [4.78, 5) is 2.22. The molecule has 0 amide bonds. The van der Waals surface area contributed by atoms with E-state index >= 15 is 0 Å². The molecule has 2 atom stereocenters. The highest BCUT2D eigenvalue weighted by molar-refractivity contribution is 9.10. The fraction of sp³-hybridized carbons (Fsp3) is 0.462. The number of nitriles is 1. The third-order valence-electron chi connectivity index (χ3n) is 3.46. The molecule has 0 radical (unpaired) electrons. The van der Waals surface area contributed by atoms with E-state index in [2.05, 4.69) is 33.8 Å². The first-order valence-corrected chi connectivity index (χ1v) is 6.62. The summed E-state index contributed by atoms with van der Waals surface area (Å²) in [5, 5.41) is 9.21. The van der Waals surface area contributed by atoms with E-state index in [4.69, 9.17) is 5.73 Å². The number of benzene rings is 1. The van der Waals surface area contributed by atoms with Crippen molar-refractivity contribution in [3.05, 3.63) is 28.2 Å². The second-order valence-electron chi connectivity index (χ2n) is 4.62. The molecule has 0 aliphatic carbocycles. The van der Waals surface area contributed by atoms with Crippen LogP contribution >= 0.6 is 15.9 Å². The highest BCUT2D eigenvalue weighted by Gasteiger charge is 2.24. The van der Waals surface area contributed by atoms with E-state index in [1.807, 2.05) is 18.2 Å². The lowest BCUT2D eigenvalue weighted by Gasteiger charge is -2.37. The van der Waals surface area contributed by atoms with Crippen LogP contribution in [0.2, 0.25) is 0 Å². The predicted octanol–water partition coefficient (Wildman–Crippen LogP) is 2.49. The monoisotopic (exact) mass is 293 g/mol. The molecule has 17 heavy (non-hydrogen) atoms. The van der Waals surface area contributed by atoms with E-state index < -0.39 is 0 Å². The predicted molar refractivity (Wildman–Crippen MR) is 72.8 cm³/mol. The van der Waals surface area contributed by atoms with E-state index in [1.165, 1.54) is 0 Å². The van der Waals surface area contributed by atoms with Crippen LogP contribution in [0.3, 0.4) is 0 Å². The molecule has 0 aromatic heterocycles. The fourth-order valence-corrected chi connectivity index (χ4v) is 2.65. The maximum absolute atomic E-state index is 9.21. The van der Waals surface area contributed by atoms with Crippen LogP contribution in [0.1, 0.15) is 18.9 Å². The number of hydrogen-bond acceptors (Lipinski definition) is 3. The summed E-state index contributed by atoms with van der Waals surface area (Å²) in [6.07, 6.45) is 1.08. The van der Waals surface area contributed by atoms with E-state index in [0.717, 1.165) is 29.7 Å². The lowest BCUT2D eigenvalue weighted by atomic mass is 9.93. The minimum Gasteiger partial charge on any atom is -0.369 e. The van der Waals surface area contributed by atoms with Gasteiger partial charge in [-0.2, -0.15) is 5.26 Å². The van der Waals surface area contributed by atoms with Gasteiger partial charge < -0.3 is 10.6 Å². The summed E-state index contributed by atoms with van der Waals surface area (Å²) < 4.78 is 0.852. The van der Waals surface area contributed by atoms with Crippen molar-refractivity contribution in [3.63, 3.8) is 0 Å². The van der Waals surface area contributed by atoms with Crippen molar-refractivity contribution < 1.29 is 0 Å². The molecule has 1 aliphatic heterocycles. The van der Waals surface area contributed by atoms with Crippen LogP contribution in [0, 0.1) is 17.2 Å². The Hall–Kier alpha value is -1.05. The van der Waals surface area contributed by atoms with E-state index in [9.17, 15) is 5.26 Å². The standard InChI is InChI=1S/C13H16BrN3/c1-9-5-6-17(8-12(9)16)13-4-2-3-11(14)10(13)7-15/h2-4,9,12H,5-6,8,16H2,1H3. The van der Waals surface area contributed by atoms with Crippen molar-refractivity contribution >= 4 is 21.6 Å². The zero-order valence-electron chi connectivity index (χ0n) is 9.86. The first-order valence-electron chi connectivity index (χ1n) is 5.82. The van der Waals surface area contributed by atoms with Crippen LogP contribution in [0.15, 0.2) is 22.7 Å². The molecule has 1 saturated heterocycles. The molecular formula is C13H16BrN3. The van der Waals surface area contributed by atoms with E-state index in [0.29, 0.717) is 11.5 Å². The third-order valence-corrected chi connectivity index (χ3v) is 4.12. The Labute approximate surface area is 110 Å². The molecule has 2 rings (SSSR count). The van der Waals surface area contributed by atoms with Crippen molar-refractivity contribution in [2.45, 2.75) is 19.4 Å². The van der Waals surface area contributed by atoms with Crippen molar-refractivity contribution in [2.24, 2.45) is 11.7 Å². The summed E-state index contributed by atoms with van der Waals surface area (Å²) in [7, 11) is 0. The molecule has 4 heteroatoms. The largest absolute Gasteiger partial charge is 0.369 e. The molecule has 1 aromatic carbocycles. The van der Waals surface area contributed by atoms with Crippen molar-refractivity contribution in [1.29, 1.82) is 5.26 Å². The number of rotatable bonds is 1. The molecule has 2 N–H and O–H groups in total. The molecule has 0 spiro atoms. The topological polar surface area (TPSA) is 53.0 Å². The lowest BCUT2D eigenvalue weighted by Crippen LogP contribution is -2.47. The number of piperidine rings is 1. The highest BCUT2D eigenvalue weighted by atomic mass is 79.9. The Morgan fingerprint density at radius 2 is 2.29 bits per heavy atom. The number of anilines is 1. The summed E-state index contributed by atoms with van der Waals surface area (Å²) in [6, 6.07) is 8.30. The average molecular weight is 294 g/mol. The van der Waals surface area contributed by atoms with Crippen molar-refractivity contribution in [3.8, 4) is 6.07 Å². The second-order valence-corrected chi connectivity index (χ2v) is 5.48. The summed E-state index contributed by atoms with van der Waals surface area (Å²) in [5.74, 6) is 0.559. The van der Waals surface area contributed by atoms with Crippen LogP contribution in [0.5, 0.6) is 0 Å². The first kappa shape index (κ1) is 12.4. The lowest BCUT2D eigenvalue weighted by molar-refractivity contribution is 0.379. The van der Waals surface area contributed by atoms with Gasteiger partial charge in [-0.25, -0.2) is 0 Å². The van der Waals surface area contributed by atoms with Gasteiger partial charge in [-0.05, 0) is 40.4 Å². The van der Waals surface area contributed by atoms with Gasteiger partial charge in [0.2, 0.25) is 0 Å². The molecule has 3 nitrogen and oxygen atoms in total. The van der Waals surface area contributed by atoms with Gasteiger partial charge in [0.05, 0.1) is 11.3 Å². The third kappa shape index (κ3) is 2.46. The Morgan fingerprint density at radius 1 is 1.53 bits per heavy atom. The molecule has 2 unspecified atom stereocenters. The van der Waals surface area contributed by atoms with Crippen LogP contribution in [0.4, 0.5) is 5.69 Å². The maximum atomic E-state index is 9.21. The number of hydrogen-bond donors (Lipinski definition) is 1. The average Bonchev–Trinajstić information content (AvgIpc) is 2.32. The summed E-state index contributed by atoms with van der Waals surface area (Å²) >= 11 is 3.42. The molecule has 1 heterocycles. The smallest absolute Gasteiger partial charge is 0.103 e. The van der Waals surface area contributed by atoms with Gasteiger partial charge in [0.15, 0.2) is 0 Å². The van der Waals surface area contributed by atoms with Crippen molar-refractivity contribution in [1.82, 2.24) is 0 Å². The van der Waals surface area contributed by atoms with Gasteiger partial charge in [-0.15, -0.1) is 0 Å². The van der Waals surface area contributed by atoms with E-state index in [1.54, 1.807) is 0 Å². The number of nitrogens with zero attached hydrogens (tertiary/aromatic N) is 2. The molecule has 1 fully saturated rings. The van der Waals surface area contributed by atoms with Gasteiger partial charge >= 0.3 is 0 Å². The molecular weight excluding hydrogens is 278 g/mol. The fourth-order valence-electron chi connectivity index (χ4n) is 2.21. The molecule has 0 saturated carbocycles. The SMILES string of the molecule is CC1CCN(c2cccc(Br)c2C#N)CC1N. The molecule has 0 bridgehead atoms. The molecule has 1 aromatic rings. The molecule has 1 aliphatic rings. The number of halogens is 1. The normalized spacial score (nSPS) is 24.5.